The van der Waals surface area contributed by atoms with Crippen molar-refractivity contribution in [1.82, 2.24) is 0 Å². The zero-order valence-electron chi connectivity index (χ0n) is 15.3. The molecule has 0 bridgehead atoms. The van der Waals surface area contributed by atoms with Gasteiger partial charge in [0.2, 0.25) is 0 Å². The van der Waals surface area contributed by atoms with Crippen LogP contribution in [0.25, 0.3) is 0 Å². The standard InChI is InChI=1S/C20H23NO3S2/c1-4-25-14-8-6-13(7-9-14)18(22)21-19-17(20(23)24-3)15-10-5-12(2)11-16(15)26-19/h6-9,12H,4-5,10-11H2,1-3H3,(H,21,22)/t12-/m0/s1. The molecule has 0 unspecified atom stereocenters. The molecule has 1 aromatic carbocycles. The number of hydrogen-bond donors (Lipinski definition) is 1. The van der Waals surface area contributed by atoms with Crippen LogP contribution in [0.4, 0.5) is 5.00 Å². The molecule has 6 heteroatoms. The minimum Gasteiger partial charge on any atom is -0.465 e. The number of carbonyl (C=O) groups is 2. The number of rotatable bonds is 5. The lowest BCUT2D eigenvalue weighted by molar-refractivity contribution is 0.0601. The molecule has 0 saturated heterocycles. The second-order valence-electron chi connectivity index (χ2n) is 6.46. The number of esters is 1. The highest BCUT2D eigenvalue weighted by Gasteiger charge is 2.29. The summed E-state index contributed by atoms with van der Waals surface area (Å²) in [6, 6.07) is 7.54. The number of methoxy groups -OCH3 is 1. The Hall–Kier alpha value is -1.79. The Labute approximate surface area is 162 Å². The van der Waals surface area contributed by atoms with Crippen molar-refractivity contribution in [2.45, 2.75) is 38.0 Å². The molecule has 3 rings (SSSR count). The number of fused-ring (bicyclic) bond motifs is 1. The Balaban J connectivity index is 1.86. The van der Waals surface area contributed by atoms with Gasteiger partial charge < -0.3 is 10.1 Å². The molecule has 0 aliphatic heterocycles. The van der Waals surface area contributed by atoms with Crippen LogP contribution in [-0.4, -0.2) is 24.7 Å². The van der Waals surface area contributed by atoms with Crippen LogP contribution in [0.3, 0.4) is 0 Å². The second kappa shape index (κ2) is 8.27. The van der Waals surface area contributed by atoms with Gasteiger partial charge in [0.25, 0.3) is 5.91 Å². The van der Waals surface area contributed by atoms with Gasteiger partial charge in [-0.05, 0) is 60.8 Å². The largest absolute Gasteiger partial charge is 0.465 e. The van der Waals surface area contributed by atoms with Crippen molar-refractivity contribution in [3.63, 3.8) is 0 Å². The molecular formula is C20H23NO3S2. The predicted molar refractivity (Wildman–Crippen MR) is 108 cm³/mol. The van der Waals surface area contributed by atoms with Crippen molar-refractivity contribution < 1.29 is 14.3 Å². The van der Waals surface area contributed by atoms with E-state index in [1.165, 1.54) is 23.3 Å². The van der Waals surface area contributed by atoms with Gasteiger partial charge in [0, 0.05) is 15.3 Å². The summed E-state index contributed by atoms with van der Waals surface area (Å²) >= 11 is 3.24. The highest BCUT2D eigenvalue weighted by atomic mass is 32.2. The molecule has 1 atom stereocenters. The average Bonchev–Trinajstić information content (AvgIpc) is 2.98. The van der Waals surface area contributed by atoms with Gasteiger partial charge in [-0.25, -0.2) is 4.79 Å². The number of anilines is 1. The molecule has 0 radical (unpaired) electrons. The Bertz CT molecular complexity index is 811. The van der Waals surface area contributed by atoms with Crippen molar-refractivity contribution >= 4 is 40.0 Å². The molecule has 26 heavy (non-hydrogen) atoms. The summed E-state index contributed by atoms with van der Waals surface area (Å²) in [6.45, 7) is 4.31. The molecule has 0 saturated carbocycles. The number of amides is 1. The maximum absolute atomic E-state index is 12.7. The van der Waals surface area contributed by atoms with Crippen LogP contribution >= 0.6 is 23.1 Å². The summed E-state index contributed by atoms with van der Waals surface area (Å²) in [7, 11) is 1.38. The minimum absolute atomic E-state index is 0.199. The number of ether oxygens (including phenoxy) is 1. The number of thioether (sulfide) groups is 1. The van der Waals surface area contributed by atoms with Gasteiger partial charge >= 0.3 is 5.97 Å². The fourth-order valence-corrected chi connectivity index (χ4v) is 5.26. The molecular weight excluding hydrogens is 366 g/mol. The van der Waals surface area contributed by atoms with Crippen molar-refractivity contribution in [3.05, 3.63) is 45.8 Å². The normalized spacial score (nSPS) is 16.0. The first-order chi connectivity index (χ1) is 12.5. The van der Waals surface area contributed by atoms with Crippen LogP contribution in [0.2, 0.25) is 0 Å². The van der Waals surface area contributed by atoms with Gasteiger partial charge in [0.1, 0.15) is 5.00 Å². The van der Waals surface area contributed by atoms with Crippen molar-refractivity contribution in [2.24, 2.45) is 5.92 Å². The molecule has 1 aliphatic carbocycles. The Morgan fingerprint density at radius 3 is 2.69 bits per heavy atom. The summed E-state index contributed by atoms with van der Waals surface area (Å²) in [5.74, 6) is 1.02. The third-order valence-corrected chi connectivity index (χ3v) is 6.62. The average molecular weight is 390 g/mol. The van der Waals surface area contributed by atoms with E-state index >= 15 is 0 Å². The zero-order chi connectivity index (χ0) is 18.7. The van der Waals surface area contributed by atoms with Gasteiger partial charge in [-0.1, -0.05) is 13.8 Å². The summed E-state index contributed by atoms with van der Waals surface area (Å²) in [5.41, 5.74) is 2.16. The smallest absolute Gasteiger partial charge is 0.341 e. The van der Waals surface area contributed by atoms with Crippen LogP contribution in [0, 0.1) is 5.92 Å². The zero-order valence-corrected chi connectivity index (χ0v) is 16.9. The molecule has 1 amide bonds. The first-order valence-corrected chi connectivity index (χ1v) is 10.6. The van der Waals surface area contributed by atoms with E-state index in [9.17, 15) is 9.59 Å². The maximum Gasteiger partial charge on any atom is 0.341 e. The molecule has 1 aliphatic rings. The lowest BCUT2D eigenvalue weighted by Gasteiger charge is -2.18. The highest BCUT2D eigenvalue weighted by molar-refractivity contribution is 7.99. The van der Waals surface area contributed by atoms with E-state index in [2.05, 4.69) is 19.2 Å². The summed E-state index contributed by atoms with van der Waals surface area (Å²) in [4.78, 5) is 27.3. The van der Waals surface area contributed by atoms with Gasteiger partial charge in [0.15, 0.2) is 0 Å². The van der Waals surface area contributed by atoms with Gasteiger partial charge in [-0.3, -0.25) is 4.79 Å². The monoisotopic (exact) mass is 389 g/mol. The van der Waals surface area contributed by atoms with E-state index in [1.807, 2.05) is 24.3 Å². The molecule has 2 aromatic rings. The van der Waals surface area contributed by atoms with E-state index in [4.69, 9.17) is 4.74 Å². The molecule has 138 valence electrons. The lowest BCUT2D eigenvalue weighted by atomic mass is 9.88. The molecule has 0 fully saturated rings. The van der Waals surface area contributed by atoms with E-state index < -0.39 is 0 Å². The van der Waals surface area contributed by atoms with Crippen LogP contribution in [0.1, 0.15) is 51.4 Å². The highest BCUT2D eigenvalue weighted by Crippen LogP contribution is 2.40. The Morgan fingerprint density at radius 2 is 2.04 bits per heavy atom. The SMILES string of the molecule is CCSc1ccc(C(=O)Nc2sc3c(c2C(=O)OC)CC[C@H](C)C3)cc1. The van der Waals surface area contributed by atoms with Crippen molar-refractivity contribution in [3.8, 4) is 0 Å². The topological polar surface area (TPSA) is 55.4 Å². The Morgan fingerprint density at radius 1 is 1.31 bits per heavy atom. The fourth-order valence-electron chi connectivity index (χ4n) is 3.20. The summed E-state index contributed by atoms with van der Waals surface area (Å²) < 4.78 is 4.97. The molecule has 1 heterocycles. The predicted octanol–water partition coefficient (Wildman–Crippen LogP) is 5.02. The fraction of sp³-hybridized carbons (Fsp3) is 0.400. The van der Waals surface area contributed by atoms with Crippen LogP contribution in [0.15, 0.2) is 29.2 Å². The first kappa shape index (κ1) is 19.0. The Kier molecular flexibility index (Phi) is 6.04. The van der Waals surface area contributed by atoms with Crippen molar-refractivity contribution in [2.75, 3.05) is 18.2 Å². The third-order valence-electron chi connectivity index (χ3n) is 4.56. The molecule has 1 N–H and O–H groups in total. The van der Waals surface area contributed by atoms with E-state index in [1.54, 1.807) is 11.8 Å². The number of carbonyl (C=O) groups excluding carboxylic acids is 2. The number of nitrogens with one attached hydrogen (secondary N) is 1. The van der Waals surface area contributed by atoms with E-state index in [0.29, 0.717) is 22.0 Å². The van der Waals surface area contributed by atoms with Gasteiger partial charge in [-0.2, -0.15) is 0 Å². The minimum atomic E-state index is -0.373. The summed E-state index contributed by atoms with van der Waals surface area (Å²) in [5, 5.41) is 3.54. The molecule has 0 spiro atoms. The van der Waals surface area contributed by atoms with Crippen LogP contribution in [0.5, 0.6) is 0 Å². The van der Waals surface area contributed by atoms with E-state index in [-0.39, 0.29) is 11.9 Å². The van der Waals surface area contributed by atoms with Gasteiger partial charge in [-0.15, -0.1) is 23.1 Å². The van der Waals surface area contributed by atoms with Crippen LogP contribution < -0.4 is 5.32 Å². The third kappa shape index (κ3) is 3.96. The second-order valence-corrected chi connectivity index (χ2v) is 8.90. The first-order valence-electron chi connectivity index (χ1n) is 8.80. The number of hydrogen-bond acceptors (Lipinski definition) is 5. The quantitative estimate of drug-likeness (QED) is 0.576. The number of thiophene rings is 1. The van der Waals surface area contributed by atoms with Crippen LogP contribution in [-0.2, 0) is 17.6 Å². The maximum atomic E-state index is 12.7. The molecule has 1 aromatic heterocycles. The number of benzene rings is 1. The lowest BCUT2D eigenvalue weighted by Crippen LogP contribution is -2.16. The van der Waals surface area contributed by atoms with Crippen molar-refractivity contribution in [1.29, 1.82) is 0 Å². The van der Waals surface area contributed by atoms with E-state index in [0.717, 1.165) is 35.5 Å². The molecule has 4 nitrogen and oxygen atoms in total. The van der Waals surface area contributed by atoms with Gasteiger partial charge in [0.05, 0.1) is 12.7 Å². The summed E-state index contributed by atoms with van der Waals surface area (Å²) in [6.07, 6.45) is 2.86.